The van der Waals surface area contributed by atoms with Gasteiger partial charge in [-0.1, -0.05) is 68.5 Å². The van der Waals surface area contributed by atoms with E-state index in [1.54, 1.807) is 74.6 Å². The topological polar surface area (TPSA) is 253 Å². The Morgan fingerprint density at radius 2 is 1.46 bits per heavy atom. The summed E-state index contributed by atoms with van der Waals surface area (Å²) in [5.74, 6) is -5.96. The van der Waals surface area contributed by atoms with Gasteiger partial charge in [-0.3, -0.25) is 24.0 Å². The zero-order valence-corrected chi connectivity index (χ0v) is 28.0. The van der Waals surface area contributed by atoms with Gasteiger partial charge in [0.1, 0.15) is 24.7 Å². The minimum Gasteiger partial charge on any atom is -0.481 e. The number of H-pyrrole nitrogens is 1. The highest BCUT2D eigenvalue weighted by atomic mass is 32.2. The van der Waals surface area contributed by atoms with Crippen molar-refractivity contribution < 1.29 is 52.5 Å². The highest BCUT2D eigenvalue weighted by Crippen LogP contribution is 2.20. The van der Waals surface area contributed by atoms with Crippen molar-refractivity contribution in [2.45, 2.75) is 63.9 Å². The number of rotatable bonds is 18. The van der Waals surface area contributed by atoms with Crippen LogP contribution in [-0.4, -0.2) is 83.9 Å². The first-order valence-electron chi connectivity index (χ1n) is 15.4. The van der Waals surface area contributed by atoms with Gasteiger partial charge in [0.15, 0.2) is 11.1 Å². The Morgan fingerprint density at radius 1 is 0.820 bits per heavy atom. The number of ether oxygens (including phenoxy) is 1. The predicted octanol–water partition coefficient (Wildman–Crippen LogP) is 1.80. The van der Waals surface area contributed by atoms with Crippen LogP contribution in [-0.2, 0) is 52.8 Å². The number of carbonyl (C=O) groups is 6. The first-order valence-corrected chi connectivity index (χ1v) is 16.5. The lowest BCUT2D eigenvalue weighted by Gasteiger charge is -2.27. The lowest BCUT2D eigenvalue weighted by Crippen LogP contribution is -2.59. The van der Waals surface area contributed by atoms with E-state index < -0.39 is 89.8 Å². The molecule has 3 rings (SSSR count). The van der Waals surface area contributed by atoms with E-state index in [-0.39, 0.29) is 13.0 Å². The number of nitrogens with one attached hydrogen (secondary N) is 5. The van der Waals surface area contributed by atoms with Crippen LogP contribution in [0.15, 0.2) is 72.3 Å². The third-order valence-corrected chi connectivity index (χ3v) is 7.72. The van der Waals surface area contributed by atoms with Crippen LogP contribution in [0.4, 0.5) is 4.79 Å². The Morgan fingerprint density at radius 3 is 2.10 bits per heavy atom. The molecule has 0 radical (unpaired) electrons. The van der Waals surface area contributed by atoms with Crippen LogP contribution < -0.4 is 21.3 Å². The molecule has 0 aliphatic carbocycles. The summed E-state index contributed by atoms with van der Waals surface area (Å²) in [6, 6.07) is 10.3. The molecule has 16 nitrogen and oxygen atoms in total. The standard InChI is InChI=1S/C33H39N5O11S/c1-19(2)29(32(45)35-22(15-27(39)40)12-13-50(47)48)38-31(44)25(14-21-17-34-24-11-7-6-10-23(21)24)36-30(43)26(16-28(41)42)37-33(46)49-18-20-8-4-3-5-9-20/h3-13,17,19,22,25-26,29,34H,14-16,18H2,1-2H3,(H,35,45)(H,36,43)(H,37,46)(H,38,44)(H,39,40)(H,41,42)(H,47,48)/b13-12+/t22-,25+,26+,29+/m1/s1. The summed E-state index contributed by atoms with van der Waals surface area (Å²) in [6.45, 7) is 3.06. The van der Waals surface area contributed by atoms with Crippen LogP contribution in [0.1, 0.15) is 37.8 Å². The van der Waals surface area contributed by atoms with E-state index in [0.717, 1.165) is 22.4 Å². The fourth-order valence-electron chi connectivity index (χ4n) is 4.87. The summed E-state index contributed by atoms with van der Waals surface area (Å²) in [7, 11) is 0. The quantitative estimate of drug-likeness (QED) is 0.0882. The summed E-state index contributed by atoms with van der Waals surface area (Å²) in [4.78, 5) is 79.3. The van der Waals surface area contributed by atoms with E-state index in [1.807, 2.05) is 0 Å². The van der Waals surface area contributed by atoms with Gasteiger partial charge in [0, 0.05) is 28.9 Å². The van der Waals surface area contributed by atoms with Crippen molar-refractivity contribution in [3.8, 4) is 0 Å². The van der Waals surface area contributed by atoms with E-state index in [0.29, 0.717) is 11.1 Å². The maximum atomic E-state index is 13.8. The number of carboxylic acids is 2. The van der Waals surface area contributed by atoms with Crippen molar-refractivity contribution in [2.75, 3.05) is 0 Å². The minimum atomic E-state index is -2.41. The molecule has 0 saturated heterocycles. The number of fused-ring (bicyclic) bond motifs is 1. The molecule has 1 aromatic heterocycles. The van der Waals surface area contributed by atoms with Gasteiger partial charge in [-0.25, -0.2) is 9.00 Å². The third kappa shape index (κ3) is 12.5. The normalized spacial score (nSPS) is 14.2. The molecule has 0 aliphatic heterocycles. The molecule has 17 heteroatoms. The molecular weight excluding hydrogens is 674 g/mol. The Kier molecular flexibility index (Phi) is 14.7. The average Bonchev–Trinajstić information content (AvgIpc) is 3.46. The molecule has 0 aliphatic rings. The summed E-state index contributed by atoms with van der Waals surface area (Å²) in [6.07, 6.45) is 0.0108. The van der Waals surface area contributed by atoms with Gasteiger partial charge < -0.3 is 45.8 Å². The number of benzene rings is 2. The second-order valence-electron chi connectivity index (χ2n) is 11.5. The van der Waals surface area contributed by atoms with Crippen LogP contribution in [0.2, 0.25) is 0 Å². The number of amides is 4. The SMILES string of the molecule is CC(C)[C@H](NC(=O)[C@H](Cc1c[nH]c2ccccc12)NC(=O)[C@H](CC(=O)O)NC(=O)OCc1ccccc1)C(=O)N[C@H](/C=C/S(=O)O)CC(=O)O. The molecule has 268 valence electrons. The number of carboxylic acid groups (broad SMARTS) is 2. The van der Waals surface area contributed by atoms with Gasteiger partial charge in [0.2, 0.25) is 17.7 Å². The largest absolute Gasteiger partial charge is 0.481 e. The number of aromatic nitrogens is 1. The lowest BCUT2D eigenvalue weighted by atomic mass is 10.00. The Balaban J connectivity index is 1.85. The van der Waals surface area contributed by atoms with E-state index >= 15 is 0 Å². The number of carbonyl (C=O) groups excluding carboxylic acids is 4. The van der Waals surface area contributed by atoms with Crippen molar-refractivity contribution in [2.24, 2.45) is 5.92 Å². The Labute approximate surface area is 289 Å². The van der Waals surface area contributed by atoms with Crippen molar-refractivity contribution >= 4 is 57.7 Å². The monoisotopic (exact) mass is 713 g/mol. The molecule has 2 aromatic carbocycles. The van der Waals surface area contributed by atoms with E-state index in [4.69, 9.17) is 9.29 Å². The number of aromatic amines is 1. The second-order valence-corrected chi connectivity index (χ2v) is 12.4. The van der Waals surface area contributed by atoms with Crippen molar-refractivity contribution in [1.82, 2.24) is 26.3 Å². The highest BCUT2D eigenvalue weighted by molar-refractivity contribution is 7.82. The third-order valence-electron chi connectivity index (χ3n) is 7.33. The molecule has 0 bridgehead atoms. The second kappa shape index (κ2) is 18.8. The van der Waals surface area contributed by atoms with Gasteiger partial charge in [0.25, 0.3) is 0 Å². The molecule has 1 heterocycles. The number of hydrogen-bond acceptors (Lipinski definition) is 8. The summed E-state index contributed by atoms with van der Waals surface area (Å²) < 4.78 is 25.3. The molecule has 0 fully saturated rings. The predicted molar refractivity (Wildman–Crippen MR) is 181 cm³/mol. The maximum absolute atomic E-state index is 13.8. The number of aliphatic carboxylic acids is 2. The number of hydrogen-bond donors (Lipinski definition) is 8. The zero-order valence-electron chi connectivity index (χ0n) is 27.2. The van der Waals surface area contributed by atoms with E-state index in [1.165, 1.54) is 0 Å². The minimum absolute atomic E-state index is 0.126. The molecular formula is C33H39N5O11S. The summed E-state index contributed by atoms with van der Waals surface area (Å²) >= 11 is -2.41. The van der Waals surface area contributed by atoms with Gasteiger partial charge in [-0.05, 0) is 23.1 Å². The lowest BCUT2D eigenvalue weighted by molar-refractivity contribution is -0.140. The maximum Gasteiger partial charge on any atom is 0.408 e. The Bertz CT molecular complexity index is 1730. The van der Waals surface area contributed by atoms with Crippen molar-refractivity contribution in [1.29, 1.82) is 0 Å². The molecule has 0 saturated carbocycles. The number of alkyl carbamates (subject to hydrolysis) is 1. The zero-order chi connectivity index (χ0) is 36.8. The van der Waals surface area contributed by atoms with Gasteiger partial charge in [0.05, 0.1) is 18.9 Å². The molecule has 4 amide bonds. The van der Waals surface area contributed by atoms with E-state index in [2.05, 4.69) is 26.3 Å². The van der Waals surface area contributed by atoms with Gasteiger partial charge in [-0.2, -0.15) is 0 Å². The van der Waals surface area contributed by atoms with Crippen molar-refractivity contribution in [3.05, 3.63) is 83.4 Å². The summed E-state index contributed by atoms with van der Waals surface area (Å²) in [5, 5.41) is 30.0. The average molecular weight is 714 g/mol. The first kappa shape index (κ1) is 38.9. The van der Waals surface area contributed by atoms with Gasteiger partial charge >= 0.3 is 18.0 Å². The smallest absolute Gasteiger partial charge is 0.408 e. The van der Waals surface area contributed by atoms with Crippen LogP contribution in [0.5, 0.6) is 0 Å². The Hall–Kier alpha value is -5.55. The van der Waals surface area contributed by atoms with Gasteiger partial charge in [-0.15, -0.1) is 0 Å². The fraction of sp³-hybridized carbons (Fsp3) is 0.333. The molecule has 8 N–H and O–H groups in total. The molecule has 0 spiro atoms. The number of para-hydroxylation sites is 1. The molecule has 1 unspecified atom stereocenters. The highest BCUT2D eigenvalue weighted by Gasteiger charge is 2.33. The van der Waals surface area contributed by atoms with Crippen molar-refractivity contribution in [3.63, 3.8) is 0 Å². The van der Waals surface area contributed by atoms with Crippen LogP contribution >= 0.6 is 0 Å². The van der Waals surface area contributed by atoms with Crippen LogP contribution in [0, 0.1) is 5.92 Å². The molecule has 50 heavy (non-hydrogen) atoms. The molecule has 3 aromatic rings. The van der Waals surface area contributed by atoms with E-state index in [9.17, 15) is 43.2 Å². The first-order chi connectivity index (χ1) is 23.7. The van der Waals surface area contributed by atoms with Crippen LogP contribution in [0.3, 0.4) is 0 Å². The van der Waals surface area contributed by atoms with Crippen LogP contribution in [0.25, 0.3) is 10.9 Å². The fourth-order valence-corrected chi connectivity index (χ4v) is 5.20. The molecule has 5 atom stereocenters. The summed E-state index contributed by atoms with van der Waals surface area (Å²) in [5.41, 5.74) is 1.98.